The van der Waals surface area contributed by atoms with E-state index in [-0.39, 0.29) is 5.69 Å². The Labute approximate surface area is 105 Å². The second-order valence-corrected chi connectivity index (χ2v) is 3.70. The van der Waals surface area contributed by atoms with Crippen LogP contribution in [0.1, 0.15) is 25.5 Å². The average Bonchev–Trinajstić information content (AvgIpc) is 2.34. The maximum absolute atomic E-state index is 10.6. The van der Waals surface area contributed by atoms with E-state index in [4.69, 9.17) is 9.47 Å². The van der Waals surface area contributed by atoms with Gasteiger partial charge in [0.1, 0.15) is 12.4 Å². The molecule has 0 spiro atoms. The number of nitro benzene ring substituents is 1. The molecule has 6 nitrogen and oxygen atoms in total. The van der Waals surface area contributed by atoms with Crippen molar-refractivity contribution in [2.24, 2.45) is 0 Å². The fraction of sp³-hybridized carbons (Fsp3) is 0.500. The summed E-state index contributed by atoms with van der Waals surface area (Å²) in [4.78, 5) is 10.1. The molecule has 1 unspecified atom stereocenters. The minimum Gasteiger partial charge on any atom is -0.491 e. The van der Waals surface area contributed by atoms with Gasteiger partial charge in [0.15, 0.2) is 0 Å². The van der Waals surface area contributed by atoms with Gasteiger partial charge in [-0.2, -0.15) is 0 Å². The standard InChI is InChI=1S/C12H17NO5/c1-3-17-6-7-18-12-5-4-10(13(15)16)8-11(12)9(2)14/h4-5,8-9,14H,3,6-7H2,1-2H3. The van der Waals surface area contributed by atoms with Gasteiger partial charge in [0.2, 0.25) is 0 Å². The third-order valence-corrected chi connectivity index (χ3v) is 2.34. The Morgan fingerprint density at radius 2 is 2.17 bits per heavy atom. The molecule has 1 aromatic rings. The highest BCUT2D eigenvalue weighted by atomic mass is 16.6. The summed E-state index contributed by atoms with van der Waals surface area (Å²) >= 11 is 0. The first kappa shape index (κ1) is 14.4. The van der Waals surface area contributed by atoms with Crippen LogP contribution in [0.5, 0.6) is 5.75 Å². The molecule has 1 rings (SSSR count). The smallest absolute Gasteiger partial charge is 0.270 e. The summed E-state index contributed by atoms with van der Waals surface area (Å²) in [6, 6.07) is 4.16. The summed E-state index contributed by atoms with van der Waals surface area (Å²) in [6.07, 6.45) is -0.827. The zero-order valence-corrected chi connectivity index (χ0v) is 10.5. The third-order valence-electron chi connectivity index (χ3n) is 2.34. The van der Waals surface area contributed by atoms with Crippen LogP contribution in [0, 0.1) is 10.1 Å². The van der Waals surface area contributed by atoms with Crippen LogP contribution < -0.4 is 4.74 Å². The molecule has 0 radical (unpaired) electrons. The van der Waals surface area contributed by atoms with Crippen LogP contribution in [0.2, 0.25) is 0 Å². The molecule has 0 aliphatic rings. The maximum atomic E-state index is 10.6. The topological polar surface area (TPSA) is 81.8 Å². The van der Waals surface area contributed by atoms with Gasteiger partial charge in [-0.3, -0.25) is 10.1 Å². The average molecular weight is 255 g/mol. The SMILES string of the molecule is CCOCCOc1ccc([N+](=O)[O-])cc1C(C)O. The van der Waals surface area contributed by atoms with Gasteiger partial charge in [0.25, 0.3) is 5.69 Å². The lowest BCUT2D eigenvalue weighted by molar-refractivity contribution is -0.385. The molecule has 6 heteroatoms. The Balaban J connectivity index is 2.80. The molecular weight excluding hydrogens is 238 g/mol. The van der Waals surface area contributed by atoms with E-state index in [2.05, 4.69) is 0 Å². The van der Waals surface area contributed by atoms with Crippen LogP contribution >= 0.6 is 0 Å². The van der Waals surface area contributed by atoms with Crippen LogP contribution in [0.4, 0.5) is 5.69 Å². The molecule has 0 aliphatic carbocycles. The van der Waals surface area contributed by atoms with Gasteiger partial charge in [-0.05, 0) is 19.9 Å². The first-order valence-electron chi connectivity index (χ1n) is 5.73. The molecule has 0 aliphatic heterocycles. The van der Waals surface area contributed by atoms with Gasteiger partial charge in [-0.1, -0.05) is 0 Å². The zero-order chi connectivity index (χ0) is 13.5. The minimum absolute atomic E-state index is 0.0666. The van der Waals surface area contributed by atoms with Crippen molar-refractivity contribution in [3.63, 3.8) is 0 Å². The van der Waals surface area contributed by atoms with E-state index in [1.807, 2.05) is 6.92 Å². The van der Waals surface area contributed by atoms with Gasteiger partial charge in [-0.15, -0.1) is 0 Å². The van der Waals surface area contributed by atoms with Crippen molar-refractivity contribution in [3.8, 4) is 5.75 Å². The number of nitrogens with zero attached hydrogens (tertiary/aromatic N) is 1. The predicted molar refractivity (Wildman–Crippen MR) is 65.7 cm³/mol. The number of nitro groups is 1. The highest BCUT2D eigenvalue weighted by Crippen LogP contribution is 2.29. The molecule has 18 heavy (non-hydrogen) atoms. The first-order valence-corrected chi connectivity index (χ1v) is 5.73. The summed E-state index contributed by atoms with van der Waals surface area (Å²) in [5.41, 5.74) is 0.337. The highest BCUT2D eigenvalue weighted by molar-refractivity contribution is 5.44. The van der Waals surface area contributed by atoms with Crippen molar-refractivity contribution in [1.82, 2.24) is 0 Å². The summed E-state index contributed by atoms with van der Waals surface area (Å²) in [5, 5.41) is 20.2. The van der Waals surface area contributed by atoms with Gasteiger partial charge in [0.05, 0.1) is 17.6 Å². The number of non-ortho nitro benzene ring substituents is 1. The number of aliphatic hydroxyl groups is 1. The molecule has 0 saturated heterocycles. The molecule has 100 valence electrons. The first-order chi connectivity index (χ1) is 8.56. The van der Waals surface area contributed by atoms with Crippen LogP contribution in [0.25, 0.3) is 0 Å². The number of aliphatic hydroxyl groups excluding tert-OH is 1. The molecule has 0 saturated carbocycles. The fourth-order valence-corrected chi connectivity index (χ4v) is 1.46. The second-order valence-electron chi connectivity index (χ2n) is 3.70. The Morgan fingerprint density at radius 3 is 2.72 bits per heavy atom. The lowest BCUT2D eigenvalue weighted by Crippen LogP contribution is -2.08. The van der Waals surface area contributed by atoms with Crippen molar-refractivity contribution < 1.29 is 19.5 Å². The van der Waals surface area contributed by atoms with Gasteiger partial charge >= 0.3 is 0 Å². The lowest BCUT2D eigenvalue weighted by atomic mass is 10.1. The quantitative estimate of drug-likeness (QED) is 0.458. The van der Waals surface area contributed by atoms with E-state index in [9.17, 15) is 15.2 Å². The normalized spacial score (nSPS) is 12.2. The van der Waals surface area contributed by atoms with E-state index in [0.717, 1.165) is 0 Å². The summed E-state index contributed by atoms with van der Waals surface area (Å²) in [7, 11) is 0. The van der Waals surface area contributed by atoms with Gasteiger partial charge < -0.3 is 14.6 Å². The summed E-state index contributed by atoms with van der Waals surface area (Å²) in [6.45, 7) is 4.80. The van der Waals surface area contributed by atoms with Crippen molar-refractivity contribution in [2.75, 3.05) is 19.8 Å². The molecule has 0 fully saturated rings. The van der Waals surface area contributed by atoms with Crippen molar-refractivity contribution in [2.45, 2.75) is 20.0 Å². The van der Waals surface area contributed by atoms with Crippen molar-refractivity contribution in [3.05, 3.63) is 33.9 Å². The van der Waals surface area contributed by atoms with E-state index >= 15 is 0 Å². The Morgan fingerprint density at radius 1 is 1.44 bits per heavy atom. The zero-order valence-electron chi connectivity index (χ0n) is 10.5. The van der Waals surface area contributed by atoms with Crippen LogP contribution in [0.3, 0.4) is 0 Å². The summed E-state index contributed by atoms with van der Waals surface area (Å²) < 4.78 is 10.5. The number of rotatable bonds is 7. The number of ether oxygens (including phenoxy) is 2. The van der Waals surface area contributed by atoms with Crippen LogP contribution in [-0.4, -0.2) is 29.9 Å². The van der Waals surface area contributed by atoms with Gasteiger partial charge in [-0.25, -0.2) is 0 Å². The number of hydrogen-bond donors (Lipinski definition) is 1. The molecule has 1 aromatic carbocycles. The van der Waals surface area contributed by atoms with Crippen LogP contribution in [-0.2, 0) is 4.74 Å². The Kier molecular flexibility index (Phi) is 5.54. The minimum atomic E-state index is -0.827. The number of hydrogen-bond acceptors (Lipinski definition) is 5. The van der Waals surface area contributed by atoms with E-state index in [0.29, 0.717) is 31.1 Å². The van der Waals surface area contributed by atoms with Gasteiger partial charge in [0, 0.05) is 24.3 Å². The lowest BCUT2D eigenvalue weighted by Gasteiger charge is -2.13. The molecule has 0 amide bonds. The largest absolute Gasteiger partial charge is 0.491 e. The molecule has 1 atom stereocenters. The maximum Gasteiger partial charge on any atom is 0.270 e. The van der Waals surface area contributed by atoms with Crippen molar-refractivity contribution >= 4 is 5.69 Å². The van der Waals surface area contributed by atoms with E-state index < -0.39 is 11.0 Å². The molecule has 1 N–H and O–H groups in total. The third kappa shape index (κ3) is 3.97. The molecule has 0 heterocycles. The summed E-state index contributed by atoms with van der Waals surface area (Å²) in [5.74, 6) is 0.440. The Bertz CT molecular complexity index is 405. The fourth-order valence-electron chi connectivity index (χ4n) is 1.46. The number of benzene rings is 1. The monoisotopic (exact) mass is 255 g/mol. The van der Waals surface area contributed by atoms with Crippen molar-refractivity contribution in [1.29, 1.82) is 0 Å². The van der Waals surface area contributed by atoms with Crippen LogP contribution in [0.15, 0.2) is 18.2 Å². The molecule has 0 bridgehead atoms. The molecular formula is C12H17NO5. The molecule has 0 aromatic heterocycles. The van der Waals surface area contributed by atoms with E-state index in [1.54, 1.807) is 0 Å². The van der Waals surface area contributed by atoms with E-state index in [1.165, 1.54) is 25.1 Å². The second kappa shape index (κ2) is 6.93. The predicted octanol–water partition coefficient (Wildman–Crippen LogP) is 2.06. The highest BCUT2D eigenvalue weighted by Gasteiger charge is 2.15. The Hall–Kier alpha value is -1.66.